The molecular weight excluding hydrogens is 232 g/mol. The molecule has 0 aliphatic carbocycles. The zero-order chi connectivity index (χ0) is 13.1. The second-order valence-corrected chi connectivity index (χ2v) is 4.34. The van der Waals surface area contributed by atoms with E-state index < -0.39 is 0 Å². The Morgan fingerprint density at radius 3 is 2.89 bits per heavy atom. The molecule has 2 heterocycles. The van der Waals surface area contributed by atoms with Gasteiger partial charge in [0.05, 0.1) is 12.3 Å². The summed E-state index contributed by atoms with van der Waals surface area (Å²) in [5.74, 6) is 0.182. The second-order valence-electron chi connectivity index (χ2n) is 4.34. The number of carbonyl (C=O) groups is 1. The lowest BCUT2D eigenvalue weighted by Crippen LogP contribution is -2.29. The van der Waals surface area contributed by atoms with Gasteiger partial charge in [0.25, 0.3) is 0 Å². The number of fused-ring (bicyclic) bond motifs is 1. The van der Waals surface area contributed by atoms with Gasteiger partial charge < -0.3 is 15.0 Å². The molecule has 0 fully saturated rings. The van der Waals surface area contributed by atoms with Gasteiger partial charge in [0.15, 0.2) is 5.69 Å². The van der Waals surface area contributed by atoms with Crippen molar-refractivity contribution < 1.29 is 9.53 Å². The van der Waals surface area contributed by atoms with Crippen LogP contribution in [-0.4, -0.2) is 43.2 Å². The van der Waals surface area contributed by atoms with E-state index in [2.05, 4.69) is 15.3 Å². The topological polar surface area (TPSA) is 67.3 Å². The third-order valence-corrected chi connectivity index (χ3v) is 2.79. The Morgan fingerprint density at radius 2 is 2.22 bits per heavy atom. The predicted octanol–water partition coefficient (Wildman–Crippen LogP) is 0.365. The van der Waals surface area contributed by atoms with E-state index in [4.69, 9.17) is 4.74 Å². The molecule has 0 spiro atoms. The number of rotatable bonds is 3. The first-order chi connectivity index (χ1) is 8.63. The molecular formula is C12H18N4O2. The van der Waals surface area contributed by atoms with E-state index in [1.807, 2.05) is 14.1 Å². The van der Waals surface area contributed by atoms with E-state index >= 15 is 0 Å². The van der Waals surface area contributed by atoms with Crippen molar-refractivity contribution in [1.82, 2.24) is 15.3 Å². The fraction of sp³-hybridized carbons (Fsp3) is 0.583. The molecule has 18 heavy (non-hydrogen) atoms. The molecule has 0 atom stereocenters. The number of esters is 1. The Labute approximate surface area is 106 Å². The molecule has 0 saturated carbocycles. The van der Waals surface area contributed by atoms with Crippen molar-refractivity contribution in [2.24, 2.45) is 0 Å². The van der Waals surface area contributed by atoms with Gasteiger partial charge in [-0.05, 0) is 6.92 Å². The van der Waals surface area contributed by atoms with Crippen LogP contribution in [-0.2, 0) is 17.7 Å². The largest absolute Gasteiger partial charge is 0.461 e. The molecule has 0 bridgehead atoms. The van der Waals surface area contributed by atoms with Crippen LogP contribution in [0.15, 0.2) is 0 Å². The Bertz CT molecular complexity index is 460. The van der Waals surface area contributed by atoms with Crippen LogP contribution in [0.5, 0.6) is 0 Å². The van der Waals surface area contributed by atoms with Crippen LogP contribution in [0.4, 0.5) is 5.95 Å². The van der Waals surface area contributed by atoms with Gasteiger partial charge in [-0.15, -0.1) is 0 Å². The van der Waals surface area contributed by atoms with E-state index in [0.29, 0.717) is 24.8 Å². The molecule has 0 radical (unpaired) electrons. The zero-order valence-electron chi connectivity index (χ0n) is 11.0. The van der Waals surface area contributed by atoms with Gasteiger partial charge in [0.1, 0.15) is 0 Å². The highest BCUT2D eigenvalue weighted by Gasteiger charge is 2.23. The lowest BCUT2D eigenvalue weighted by atomic mass is 10.1. The zero-order valence-corrected chi connectivity index (χ0v) is 11.0. The molecule has 1 aromatic heterocycles. The number of hydrogen-bond acceptors (Lipinski definition) is 6. The number of carbonyl (C=O) groups excluding carboxylic acids is 1. The highest BCUT2D eigenvalue weighted by Crippen LogP contribution is 2.19. The van der Waals surface area contributed by atoms with Gasteiger partial charge >= 0.3 is 5.97 Å². The summed E-state index contributed by atoms with van der Waals surface area (Å²) in [4.78, 5) is 22.5. The summed E-state index contributed by atoms with van der Waals surface area (Å²) in [7, 11) is 3.72. The van der Waals surface area contributed by atoms with Crippen LogP contribution < -0.4 is 10.2 Å². The third-order valence-electron chi connectivity index (χ3n) is 2.79. The Balaban J connectivity index is 2.47. The normalized spacial score (nSPS) is 13.9. The van der Waals surface area contributed by atoms with Crippen molar-refractivity contribution in [3.05, 3.63) is 17.0 Å². The van der Waals surface area contributed by atoms with E-state index in [1.165, 1.54) is 0 Å². The average Bonchev–Trinajstić information content (AvgIpc) is 2.37. The maximum absolute atomic E-state index is 11.9. The minimum Gasteiger partial charge on any atom is -0.461 e. The number of anilines is 1. The molecule has 0 saturated heterocycles. The average molecular weight is 250 g/mol. The van der Waals surface area contributed by atoms with Crippen LogP contribution in [0.25, 0.3) is 0 Å². The maximum atomic E-state index is 11.9. The summed E-state index contributed by atoms with van der Waals surface area (Å²) in [6, 6.07) is 0. The number of ether oxygens (including phenoxy) is 1. The number of nitrogens with zero attached hydrogens (tertiary/aromatic N) is 3. The summed E-state index contributed by atoms with van der Waals surface area (Å²) in [5.41, 5.74) is 2.19. The quantitative estimate of drug-likeness (QED) is 0.782. The van der Waals surface area contributed by atoms with Crippen LogP contribution in [0.3, 0.4) is 0 Å². The summed E-state index contributed by atoms with van der Waals surface area (Å²) < 4.78 is 5.05. The summed E-state index contributed by atoms with van der Waals surface area (Å²) in [5, 5.41) is 3.23. The van der Waals surface area contributed by atoms with Gasteiger partial charge in [-0.25, -0.2) is 14.8 Å². The summed E-state index contributed by atoms with van der Waals surface area (Å²) in [6.45, 7) is 3.63. The molecule has 0 aromatic carbocycles. The lowest BCUT2D eigenvalue weighted by molar-refractivity contribution is 0.0517. The van der Waals surface area contributed by atoms with Crippen molar-refractivity contribution >= 4 is 11.9 Å². The van der Waals surface area contributed by atoms with Crippen molar-refractivity contribution in [1.29, 1.82) is 0 Å². The van der Waals surface area contributed by atoms with Gasteiger partial charge in [-0.3, -0.25) is 0 Å². The van der Waals surface area contributed by atoms with Crippen LogP contribution in [0.2, 0.25) is 0 Å². The SMILES string of the molecule is CCOC(=O)c1nc(N(C)C)nc2c1CNCC2. The monoisotopic (exact) mass is 250 g/mol. The second kappa shape index (κ2) is 5.30. The first-order valence-electron chi connectivity index (χ1n) is 6.08. The van der Waals surface area contributed by atoms with E-state index in [1.54, 1.807) is 11.8 Å². The first kappa shape index (κ1) is 12.8. The van der Waals surface area contributed by atoms with E-state index in [0.717, 1.165) is 24.2 Å². The molecule has 0 amide bonds. The molecule has 6 nitrogen and oxygen atoms in total. The van der Waals surface area contributed by atoms with Gasteiger partial charge in [-0.2, -0.15) is 0 Å². The van der Waals surface area contributed by atoms with Crippen LogP contribution in [0, 0.1) is 0 Å². The summed E-state index contributed by atoms with van der Waals surface area (Å²) in [6.07, 6.45) is 0.811. The molecule has 1 N–H and O–H groups in total. The molecule has 1 aromatic rings. The smallest absolute Gasteiger partial charge is 0.357 e. The molecule has 2 rings (SSSR count). The van der Waals surface area contributed by atoms with Crippen LogP contribution >= 0.6 is 0 Å². The highest BCUT2D eigenvalue weighted by atomic mass is 16.5. The molecule has 1 aliphatic heterocycles. The van der Waals surface area contributed by atoms with Gasteiger partial charge in [0.2, 0.25) is 5.95 Å². The summed E-state index contributed by atoms with van der Waals surface area (Å²) >= 11 is 0. The van der Waals surface area contributed by atoms with Crippen molar-refractivity contribution in [3.8, 4) is 0 Å². The Hall–Kier alpha value is -1.69. The Kier molecular flexibility index (Phi) is 3.76. The van der Waals surface area contributed by atoms with Gasteiger partial charge in [-0.1, -0.05) is 0 Å². The van der Waals surface area contributed by atoms with E-state index in [-0.39, 0.29) is 5.97 Å². The van der Waals surface area contributed by atoms with Crippen LogP contribution in [0.1, 0.15) is 28.7 Å². The lowest BCUT2D eigenvalue weighted by Gasteiger charge is -2.21. The Morgan fingerprint density at radius 1 is 1.44 bits per heavy atom. The van der Waals surface area contributed by atoms with Crippen molar-refractivity contribution in [2.45, 2.75) is 19.9 Å². The third kappa shape index (κ3) is 2.43. The first-order valence-corrected chi connectivity index (χ1v) is 6.08. The maximum Gasteiger partial charge on any atom is 0.357 e. The standard InChI is InChI=1S/C12H18N4O2/c1-4-18-11(17)10-8-7-13-6-5-9(8)14-12(15-10)16(2)3/h13H,4-7H2,1-3H3. The fourth-order valence-electron chi connectivity index (χ4n) is 1.90. The van der Waals surface area contributed by atoms with Crippen molar-refractivity contribution in [3.63, 3.8) is 0 Å². The molecule has 98 valence electrons. The fourth-order valence-corrected chi connectivity index (χ4v) is 1.90. The molecule has 6 heteroatoms. The minimum atomic E-state index is -0.372. The van der Waals surface area contributed by atoms with E-state index in [9.17, 15) is 4.79 Å². The number of aromatic nitrogens is 2. The molecule has 1 aliphatic rings. The number of hydrogen-bond donors (Lipinski definition) is 1. The number of nitrogens with one attached hydrogen (secondary N) is 1. The molecule has 0 unspecified atom stereocenters. The van der Waals surface area contributed by atoms with Crippen molar-refractivity contribution in [2.75, 3.05) is 32.1 Å². The minimum absolute atomic E-state index is 0.350. The highest BCUT2D eigenvalue weighted by molar-refractivity contribution is 5.89. The van der Waals surface area contributed by atoms with Gasteiger partial charge in [0, 0.05) is 39.2 Å². The predicted molar refractivity (Wildman–Crippen MR) is 67.7 cm³/mol.